The second-order valence-corrected chi connectivity index (χ2v) is 14.5. The van der Waals surface area contributed by atoms with Crippen molar-refractivity contribution in [3.05, 3.63) is 60.7 Å². The first kappa shape index (κ1) is 26.6. The molecule has 2 aromatic carbocycles. The number of hydrogen-bond donors (Lipinski definition) is 0. The normalized spacial score (nSPS) is 14.7. The number of hydrogen-bond acceptors (Lipinski definition) is 2. The average molecular weight is 411 g/mol. The summed E-state index contributed by atoms with van der Waals surface area (Å²) in [6.45, 7) is 8.10. The predicted octanol–water partition coefficient (Wildman–Crippen LogP) is 2.88. The van der Waals surface area contributed by atoms with Crippen molar-refractivity contribution in [3.8, 4) is 0 Å². The molecule has 0 saturated heterocycles. The van der Waals surface area contributed by atoms with E-state index in [0.717, 1.165) is 48.1 Å². The summed E-state index contributed by atoms with van der Waals surface area (Å²) >= 11 is 0. The number of benzene rings is 2. The van der Waals surface area contributed by atoms with E-state index in [4.69, 9.17) is 0 Å². The van der Waals surface area contributed by atoms with E-state index in [0.29, 0.717) is 0 Å². The molecule has 27 heavy (non-hydrogen) atoms. The molecular formula is C22H34MgO2Si2. The maximum atomic E-state index is 12.2. The van der Waals surface area contributed by atoms with E-state index in [1.54, 1.807) is 0 Å². The van der Waals surface area contributed by atoms with E-state index in [1.165, 1.54) is 0 Å². The molecule has 0 aliphatic carbocycles. The Morgan fingerprint density at radius 3 is 1.19 bits per heavy atom. The standard InChI is InChI=1S/2C11H17OSi.Mg/c2*1-3-4-10-13(2,12)11-8-6-5-7-9-11;/h2*5-9H,3-4,10H2,1-2H3;/q2*-1;+2. The number of unbranched alkanes of at least 4 members (excludes halogenated alkanes) is 2. The van der Waals surface area contributed by atoms with Crippen molar-refractivity contribution in [3.63, 3.8) is 0 Å². The van der Waals surface area contributed by atoms with Gasteiger partial charge in [0.25, 0.3) is 0 Å². The van der Waals surface area contributed by atoms with E-state index >= 15 is 0 Å². The monoisotopic (exact) mass is 410 g/mol. The van der Waals surface area contributed by atoms with Gasteiger partial charge in [-0.3, -0.25) is 0 Å². The van der Waals surface area contributed by atoms with Crippen LogP contribution in [0.5, 0.6) is 0 Å². The Hall–Kier alpha value is -0.440. The summed E-state index contributed by atoms with van der Waals surface area (Å²) in [5.74, 6) is 0. The Morgan fingerprint density at radius 1 is 0.630 bits per heavy atom. The zero-order valence-corrected chi connectivity index (χ0v) is 21.0. The van der Waals surface area contributed by atoms with Gasteiger partial charge in [0.05, 0.1) is 0 Å². The summed E-state index contributed by atoms with van der Waals surface area (Å²) in [5.41, 5.74) is 0. The van der Waals surface area contributed by atoms with Crippen LogP contribution in [0.1, 0.15) is 39.5 Å². The fourth-order valence-electron chi connectivity index (χ4n) is 2.90. The van der Waals surface area contributed by atoms with Gasteiger partial charge in [0.15, 0.2) is 0 Å². The smallest absolute Gasteiger partial charge is 0.855 e. The molecule has 2 nitrogen and oxygen atoms in total. The summed E-state index contributed by atoms with van der Waals surface area (Å²) in [5, 5.41) is 2.09. The van der Waals surface area contributed by atoms with Crippen molar-refractivity contribution in [2.45, 2.75) is 64.7 Å². The van der Waals surface area contributed by atoms with Crippen LogP contribution in [0.15, 0.2) is 60.7 Å². The van der Waals surface area contributed by atoms with Crippen molar-refractivity contribution < 1.29 is 9.59 Å². The molecule has 0 aliphatic rings. The van der Waals surface area contributed by atoms with Gasteiger partial charge in [0.2, 0.25) is 0 Å². The van der Waals surface area contributed by atoms with E-state index in [2.05, 4.69) is 13.8 Å². The van der Waals surface area contributed by atoms with Crippen LogP contribution in [-0.4, -0.2) is 39.7 Å². The summed E-state index contributed by atoms with van der Waals surface area (Å²) in [6, 6.07) is 21.4. The first-order chi connectivity index (χ1) is 12.3. The number of rotatable bonds is 8. The van der Waals surface area contributed by atoms with Crippen molar-refractivity contribution in [2.24, 2.45) is 0 Å². The van der Waals surface area contributed by atoms with Crippen LogP contribution in [-0.2, 0) is 0 Å². The first-order valence-corrected chi connectivity index (χ1v) is 15.1. The maximum Gasteiger partial charge on any atom is 2.00 e. The second kappa shape index (κ2) is 13.7. The SMILES string of the molecule is CCCC[Si](C)([O-])c1ccccc1.CCCC[Si](C)([O-])c1ccccc1.[Mg+2]. The fourth-order valence-corrected chi connectivity index (χ4v) is 7.33. The molecule has 2 rings (SSSR count). The molecule has 0 saturated carbocycles. The topological polar surface area (TPSA) is 46.1 Å². The van der Waals surface area contributed by atoms with Crippen LogP contribution >= 0.6 is 0 Å². The van der Waals surface area contributed by atoms with E-state index in [9.17, 15) is 9.59 Å². The minimum atomic E-state index is -2.35. The second-order valence-electron chi connectivity index (χ2n) is 7.40. The largest absolute Gasteiger partial charge is 2.00 e. The van der Waals surface area contributed by atoms with Crippen molar-refractivity contribution in [2.75, 3.05) is 0 Å². The van der Waals surface area contributed by atoms with Gasteiger partial charge in [0.1, 0.15) is 0 Å². The van der Waals surface area contributed by atoms with Crippen LogP contribution in [0.25, 0.3) is 0 Å². The molecule has 0 amide bonds. The third kappa shape index (κ3) is 10.1. The third-order valence-electron chi connectivity index (χ3n) is 4.78. The quantitative estimate of drug-likeness (QED) is 0.628. The van der Waals surface area contributed by atoms with E-state index in [-0.39, 0.29) is 23.1 Å². The van der Waals surface area contributed by atoms with Crippen LogP contribution in [0.4, 0.5) is 0 Å². The Kier molecular flexibility index (Phi) is 13.5. The van der Waals surface area contributed by atoms with Gasteiger partial charge in [-0.25, -0.2) is 0 Å². The van der Waals surface area contributed by atoms with Gasteiger partial charge < -0.3 is 9.59 Å². The Morgan fingerprint density at radius 2 is 0.926 bits per heavy atom. The van der Waals surface area contributed by atoms with E-state index in [1.807, 2.05) is 73.8 Å². The molecule has 0 fully saturated rings. The van der Waals surface area contributed by atoms with Crippen LogP contribution in [0.2, 0.25) is 25.2 Å². The molecule has 0 heterocycles. The zero-order valence-electron chi connectivity index (χ0n) is 17.5. The van der Waals surface area contributed by atoms with E-state index < -0.39 is 16.6 Å². The average Bonchev–Trinajstić information content (AvgIpc) is 2.67. The summed E-state index contributed by atoms with van der Waals surface area (Å²) < 4.78 is 0. The third-order valence-corrected chi connectivity index (χ3v) is 10.5. The summed E-state index contributed by atoms with van der Waals surface area (Å²) in [7, 11) is -4.70. The van der Waals surface area contributed by atoms with Crippen LogP contribution < -0.4 is 20.0 Å². The molecule has 2 unspecified atom stereocenters. The zero-order chi connectivity index (χ0) is 19.5. The molecular weight excluding hydrogens is 377 g/mol. The minimum absolute atomic E-state index is 0. The Bertz CT molecular complexity index is 549. The van der Waals surface area contributed by atoms with Gasteiger partial charge in [-0.1, -0.05) is 136 Å². The molecule has 2 aromatic rings. The van der Waals surface area contributed by atoms with Gasteiger partial charge in [-0.15, -0.1) is 0 Å². The van der Waals surface area contributed by atoms with Gasteiger partial charge >= 0.3 is 23.1 Å². The molecule has 0 N–H and O–H groups in total. The van der Waals surface area contributed by atoms with Gasteiger partial charge in [-0.05, 0) is 16.6 Å². The molecule has 0 spiro atoms. The maximum absolute atomic E-state index is 12.2. The predicted molar refractivity (Wildman–Crippen MR) is 121 cm³/mol. The minimum Gasteiger partial charge on any atom is -0.855 e. The fraction of sp³-hybridized carbons (Fsp3) is 0.455. The molecule has 0 radical (unpaired) electrons. The molecule has 0 bridgehead atoms. The molecule has 0 aromatic heterocycles. The molecule has 144 valence electrons. The van der Waals surface area contributed by atoms with Gasteiger partial charge in [-0.2, -0.15) is 0 Å². The Labute approximate surface area is 184 Å². The van der Waals surface area contributed by atoms with Gasteiger partial charge in [0, 0.05) is 0 Å². The molecule has 0 aliphatic heterocycles. The molecule has 2 atom stereocenters. The molecule has 5 heteroatoms. The Balaban J connectivity index is 0.000000483. The summed E-state index contributed by atoms with van der Waals surface area (Å²) in [6.07, 6.45) is 4.39. The van der Waals surface area contributed by atoms with Crippen LogP contribution in [0.3, 0.4) is 0 Å². The van der Waals surface area contributed by atoms with Crippen molar-refractivity contribution >= 4 is 50.1 Å². The van der Waals surface area contributed by atoms with Crippen molar-refractivity contribution in [1.82, 2.24) is 0 Å². The van der Waals surface area contributed by atoms with Crippen molar-refractivity contribution in [1.29, 1.82) is 0 Å². The first-order valence-electron chi connectivity index (χ1n) is 9.85. The summed E-state index contributed by atoms with van der Waals surface area (Å²) in [4.78, 5) is 24.4. The van der Waals surface area contributed by atoms with Crippen LogP contribution in [0, 0.1) is 0 Å².